The summed E-state index contributed by atoms with van der Waals surface area (Å²) in [4.78, 5) is 81.9. The van der Waals surface area contributed by atoms with Crippen LogP contribution < -0.4 is 44.6 Å². The van der Waals surface area contributed by atoms with Crippen LogP contribution in [0.5, 0.6) is 0 Å². The number of nitrogens with two attached hydrogens (primary N) is 1. The summed E-state index contributed by atoms with van der Waals surface area (Å²) < 4.78 is 133. The predicted octanol–water partition coefficient (Wildman–Crippen LogP) is -1.33. The van der Waals surface area contributed by atoms with Crippen LogP contribution in [-0.2, 0) is 59.0 Å². The lowest BCUT2D eigenvalue weighted by Crippen LogP contribution is -2.60. The van der Waals surface area contributed by atoms with Crippen molar-refractivity contribution >= 4 is 51.9 Å². The van der Waals surface area contributed by atoms with E-state index in [1.54, 1.807) is 54.3 Å². The number of aryl methyl sites for hydroxylation is 3. The van der Waals surface area contributed by atoms with E-state index in [2.05, 4.69) is 25.6 Å². The van der Waals surface area contributed by atoms with E-state index in [0.29, 0.717) is 36.0 Å². The fourth-order valence-corrected chi connectivity index (χ4v) is 22.8. The summed E-state index contributed by atoms with van der Waals surface area (Å²) in [6.07, 6.45) is 3.68. The van der Waals surface area contributed by atoms with Gasteiger partial charge in [-0.25, -0.2) is 52.8 Å². The maximum atomic E-state index is 12.5. The average Bonchev–Trinajstić information content (AvgIpc) is 1.60. The molecule has 0 spiro atoms. The third-order valence-electron chi connectivity index (χ3n) is 21.2. The van der Waals surface area contributed by atoms with Crippen LogP contribution in [0.2, 0.25) is 0 Å². The Hall–Kier alpha value is -5.55. The van der Waals surface area contributed by atoms with Gasteiger partial charge in [-0.3, -0.25) is 43.5 Å². The molecule has 12 heterocycles. The van der Waals surface area contributed by atoms with Gasteiger partial charge < -0.3 is 35.1 Å². The molecule has 0 radical (unpaired) electrons. The van der Waals surface area contributed by atoms with Gasteiger partial charge >= 0.3 is 23.1 Å². The van der Waals surface area contributed by atoms with Crippen molar-refractivity contribution in [3.63, 3.8) is 0 Å². The number of fused-ring (bicyclic) bond motifs is 8. The molecule has 3 aromatic rings. The highest BCUT2D eigenvalue weighted by molar-refractivity contribution is 7.90. The molecule has 3 aromatic heterocycles. The van der Waals surface area contributed by atoms with Crippen LogP contribution in [0, 0.1) is 38.5 Å². The van der Waals surface area contributed by atoms with Crippen LogP contribution in [0.1, 0.15) is 116 Å². The third kappa shape index (κ3) is 11.8. The maximum Gasteiger partial charge on any atom is 0.351 e. The van der Waals surface area contributed by atoms with Gasteiger partial charge in [-0.15, -0.1) is 0 Å². The van der Waals surface area contributed by atoms with Gasteiger partial charge in [-0.2, -0.15) is 22.2 Å². The number of carbonyl (C=O) groups is 1. The van der Waals surface area contributed by atoms with Crippen LogP contribution in [0.25, 0.3) is 0 Å². The van der Waals surface area contributed by atoms with Gasteiger partial charge in [0.15, 0.2) is 24.9 Å². The lowest BCUT2D eigenvalue weighted by molar-refractivity contribution is -0.0905. The van der Waals surface area contributed by atoms with Gasteiger partial charge in [0.2, 0.25) is 40.1 Å². The Balaban J connectivity index is 0.000000146. The number of carbonyl (C=O) groups excluding carboxylic acids is 1. The first-order valence-electron chi connectivity index (χ1n) is 30.7. The number of hydrogen-bond donors (Lipinski definition) is 6. The first kappa shape index (κ1) is 71.7. The number of sulfonamides is 4. The van der Waals surface area contributed by atoms with Crippen molar-refractivity contribution in [1.29, 1.82) is 0 Å². The number of ether oxygens (including phenoxy) is 4. The molecule has 8 fully saturated rings. The highest BCUT2D eigenvalue weighted by Crippen LogP contribution is 2.53. The number of aromatic amines is 2. The van der Waals surface area contributed by atoms with E-state index >= 15 is 0 Å². The highest BCUT2D eigenvalue weighted by atomic mass is 32.2. The number of nitrogens with zero attached hydrogens (tertiary/aromatic N) is 9. The van der Waals surface area contributed by atoms with E-state index in [9.17, 15) is 67.5 Å². The van der Waals surface area contributed by atoms with E-state index in [1.165, 1.54) is 60.4 Å². The Kier molecular flexibility index (Phi) is 19.2. The second-order valence-corrected chi connectivity index (χ2v) is 34.1. The summed E-state index contributed by atoms with van der Waals surface area (Å²) in [5.41, 5.74) is 1.52. The van der Waals surface area contributed by atoms with E-state index in [-0.39, 0.29) is 65.2 Å². The van der Waals surface area contributed by atoms with Gasteiger partial charge in [0.1, 0.15) is 23.7 Å². The Bertz CT molecular complexity index is 4130. The molecule has 0 saturated carbocycles. The van der Waals surface area contributed by atoms with E-state index < -0.39 is 146 Å². The second-order valence-electron chi connectivity index (χ2n) is 26.0. The van der Waals surface area contributed by atoms with Crippen molar-refractivity contribution in [1.82, 2.24) is 61.4 Å². The van der Waals surface area contributed by atoms with E-state index in [0.717, 1.165) is 14.4 Å². The lowest BCUT2D eigenvalue weighted by Gasteiger charge is -2.41. The van der Waals surface area contributed by atoms with Crippen LogP contribution in [0.3, 0.4) is 0 Å². The molecule has 17 atom stereocenters. The number of hydrogen-bond acceptors (Lipinski definition) is 22. The molecule has 12 rings (SSSR count). The number of aromatic nitrogens is 6. The van der Waals surface area contributed by atoms with Crippen molar-refractivity contribution in [2.45, 2.75) is 186 Å². The molecule has 5 unspecified atom stereocenters. The number of urea groups is 1. The molecule has 520 valence electrons. The molecular weight excluding hydrogens is 1300 g/mol. The Labute approximate surface area is 539 Å². The van der Waals surface area contributed by atoms with Crippen molar-refractivity contribution in [3.05, 3.63) is 99.2 Å². The summed E-state index contributed by atoms with van der Waals surface area (Å²) in [5.74, 6) is -0.483. The minimum atomic E-state index is -3.61. The third-order valence-corrected chi connectivity index (χ3v) is 29.1. The standard InChI is InChI=1S/C15H26N4O4S.C14H22N4O4S.C14H21N3O5S.C13H19N3O6S/c1-6-15-8-24(21,22)18(5)11(10(15)3)13(23-15)19-7-9(2)12(16-4)17-14(19)20;1-5-14-7-23(20,21)17(4)10(9(14)3)12(22-14)18-6-8(2)11(15)16-13(18)19;1-5-14-7-23(20,21)16(4)10(9(14)3)12(22-14)17-6-8(2)11(18)15-13(17)19;1-4-13-6-23(20,21)15(3)8(9(13)17)11(22-13)16-5-7(2)10(18)14-12(16)19/h7,10-13,16H,6,8H2,1-5H3,(H,17,20);6,9-10,12H,5,7H2,1-4H3,(H2,15,16,19);6,9-10,12H,5,7H2,1-4H3,(H,15,18,19);5,8-9,11,17H,4,6H2,1-3H3,(H,14,18,19)/t10?,11-,12?,13+,15-;2*9?,10-,12+,14-;8-,9?,11+,13-/m0000/s1. The number of amides is 2. The molecule has 8 saturated heterocycles. The summed E-state index contributed by atoms with van der Waals surface area (Å²) in [5, 5.41) is 16.5. The molecule has 9 aliphatic rings. The Morgan fingerprint density at radius 1 is 0.548 bits per heavy atom. The largest absolute Gasteiger partial charge is 0.388 e. The van der Waals surface area contributed by atoms with Crippen LogP contribution in [0.4, 0.5) is 10.6 Å². The number of H-pyrrole nitrogens is 2. The van der Waals surface area contributed by atoms with Gasteiger partial charge in [0.25, 0.3) is 11.1 Å². The minimum absolute atomic E-state index is 0.00422. The zero-order valence-electron chi connectivity index (χ0n) is 55.0. The van der Waals surface area contributed by atoms with Crippen molar-refractivity contribution in [3.8, 4) is 0 Å². The molecule has 9 aliphatic heterocycles. The van der Waals surface area contributed by atoms with Crippen molar-refractivity contribution in [2.75, 3.05) is 64.0 Å². The van der Waals surface area contributed by atoms with Gasteiger partial charge in [-0.1, -0.05) is 48.5 Å². The maximum absolute atomic E-state index is 12.5. The SMILES string of the molecule is CC[C@]12CS(=O)(=O)N(C)[C@@H](C1C)[C@H](N1C=C(C)C(NC)NC1=O)O2.CC[C@]12CS(=O)(=O)N(C)[C@@H](C1C)[C@H](n1cc(C)c(=O)[nH]c1=O)O2.CC[C@]12CS(=O)(=O)N(C)[C@@H](C1C)[C@H](n1cc(C)c(N)nc1=O)O2.CC[C@]12CS(=O)(=O)N(C)[C@@H](C1O)[C@H](n1cc(C)c(=O)[nH]c1=O)O2. The van der Waals surface area contributed by atoms with E-state index in [4.69, 9.17) is 24.7 Å². The summed E-state index contributed by atoms with van der Waals surface area (Å²) in [6, 6.07) is -2.56. The number of rotatable bonds is 9. The monoisotopic (exact) mass is 1390 g/mol. The zero-order valence-corrected chi connectivity index (χ0v) is 58.3. The summed E-state index contributed by atoms with van der Waals surface area (Å²) in [7, 11) is -6.13. The molecule has 7 N–H and O–H groups in total. The lowest BCUT2D eigenvalue weighted by atomic mass is 9.84. The second kappa shape index (κ2) is 24.8. The fourth-order valence-electron chi connectivity index (χ4n) is 14.9. The normalized spacial score (nSPS) is 37.7. The van der Waals surface area contributed by atoms with Gasteiger partial charge in [-0.05, 0) is 66.0 Å². The number of aliphatic hydroxyl groups excluding tert-OH is 1. The molecular formula is C56H88N14O19S4. The number of nitrogen functional groups attached to an aromatic ring is 1. The van der Waals surface area contributed by atoms with Crippen molar-refractivity contribution < 1.29 is 62.5 Å². The molecule has 37 heteroatoms. The fraction of sp³-hybridized carbons (Fsp3) is 0.732. The van der Waals surface area contributed by atoms with E-state index in [1.807, 2.05) is 48.5 Å². The summed E-state index contributed by atoms with van der Waals surface area (Å²) in [6.45, 7) is 20.2. The van der Waals surface area contributed by atoms with Crippen LogP contribution in [0.15, 0.2) is 54.3 Å². The first-order valence-corrected chi connectivity index (χ1v) is 37.1. The summed E-state index contributed by atoms with van der Waals surface area (Å²) >= 11 is 0. The molecule has 33 nitrogen and oxygen atoms in total. The molecule has 0 aliphatic carbocycles. The quantitative estimate of drug-likeness (QED) is 0.144. The Morgan fingerprint density at radius 3 is 1.28 bits per heavy atom. The molecule has 0 aromatic carbocycles. The number of aliphatic hydroxyl groups is 1. The first-order chi connectivity index (χ1) is 43.0. The van der Waals surface area contributed by atoms with Crippen LogP contribution in [-0.4, -0.2) is 219 Å². The average molecular weight is 1390 g/mol. The van der Waals surface area contributed by atoms with Crippen LogP contribution >= 0.6 is 0 Å². The molecule has 8 bridgehead atoms. The zero-order chi connectivity index (χ0) is 69.3. The predicted molar refractivity (Wildman–Crippen MR) is 339 cm³/mol. The van der Waals surface area contributed by atoms with Gasteiger partial charge in [0, 0.05) is 87.4 Å². The molecule has 2 amide bonds. The topological polar surface area (TPSA) is 422 Å². The van der Waals surface area contributed by atoms with Crippen molar-refractivity contribution in [2.24, 2.45) is 17.8 Å². The Morgan fingerprint density at radius 2 is 0.882 bits per heavy atom. The van der Waals surface area contributed by atoms with Gasteiger partial charge in [0.05, 0.1) is 64.0 Å². The number of likely N-dealkylation sites (N-methyl/N-ethyl adjacent to an activating group) is 5. The number of nitrogens with one attached hydrogen (secondary N) is 4. The highest BCUT2D eigenvalue weighted by Gasteiger charge is 2.66. The number of anilines is 1. The molecule has 93 heavy (non-hydrogen) atoms. The smallest absolute Gasteiger partial charge is 0.351 e. The minimum Gasteiger partial charge on any atom is -0.388 e.